The Labute approximate surface area is 152 Å². The zero-order chi connectivity index (χ0) is 17.6. The molecule has 1 unspecified atom stereocenters. The van der Waals surface area contributed by atoms with Gasteiger partial charge in [0, 0.05) is 30.9 Å². The lowest BCUT2D eigenvalue weighted by Crippen LogP contribution is -2.40. The molecule has 128 valence electrons. The van der Waals surface area contributed by atoms with E-state index in [1.54, 1.807) is 6.20 Å². The number of nitrogens with one attached hydrogen (secondary N) is 1. The van der Waals surface area contributed by atoms with Crippen LogP contribution >= 0.6 is 11.3 Å². The summed E-state index contributed by atoms with van der Waals surface area (Å²) in [7, 11) is 2.03. The van der Waals surface area contributed by atoms with Crippen LogP contribution in [0.15, 0.2) is 66.9 Å². The number of rotatable bonds is 6. The molecule has 1 atom stereocenters. The molecule has 0 saturated carbocycles. The van der Waals surface area contributed by atoms with Gasteiger partial charge in [0.2, 0.25) is 0 Å². The van der Waals surface area contributed by atoms with Crippen molar-refractivity contribution in [3.8, 4) is 10.6 Å². The van der Waals surface area contributed by atoms with Gasteiger partial charge in [-0.2, -0.15) is 0 Å². The molecule has 1 amide bonds. The average Bonchev–Trinajstić information content (AvgIpc) is 3.17. The zero-order valence-electron chi connectivity index (χ0n) is 14.3. The van der Waals surface area contributed by atoms with Gasteiger partial charge in [0.25, 0.3) is 5.91 Å². The van der Waals surface area contributed by atoms with Crippen molar-refractivity contribution in [2.75, 3.05) is 18.5 Å². The molecule has 2 aromatic carbocycles. The number of hydrogen-bond acceptors (Lipinski definition) is 4. The second-order valence-corrected chi connectivity index (χ2v) is 6.93. The van der Waals surface area contributed by atoms with Gasteiger partial charge in [-0.15, -0.1) is 11.3 Å². The summed E-state index contributed by atoms with van der Waals surface area (Å²) in [4.78, 5) is 19.5. The molecule has 1 aromatic heterocycles. The van der Waals surface area contributed by atoms with E-state index >= 15 is 0 Å². The number of para-hydroxylation sites is 1. The highest BCUT2D eigenvalue weighted by Gasteiger charge is 2.14. The van der Waals surface area contributed by atoms with Crippen LogP contribution in [0.25, 0.3) is 10.6 Å². The summed E-state index contributed by atoms with van der Waals surface area (Å²) in [5.41, 5.74) is 2.16. The minimum absolute atomic E-state index is 0.0759. The number of carbonyl (C=O) groups excluding carboxylic acids is 1. The third-order valence-electron chi connectivity index (χ3n) is 4.13. The van der Waals surface area contributed by atoms with Crippen molar-refractivity contribution in [1.29, 1.82) is 0 Å². The first-order chi connectivity index (χ1) is 12.1. The van der Waals surface area contributed by atoms with Gasteiger partial charge < -0.3 is 10.2 Å². The number of anilines is 1. The maximum atomic E-state index is 12.4. The second-order valence-electron chi connectivity index (χ2n) is 5.90. The molecule has 5 heteroatoms. The molecule has 1 heterocycles. The number of carbonyl (C=O) groups is 1. The number of benzene rings is 2. The molecule has 0 fully saturated rings. The molecule has 25 heavy (non-hydrogen) atoms. The summed E-state index contributed by atoms with van der Waals surface area (Å²) in [6.07, 6.45) is 1.65. The summed E-state index contributed by atoms with van der Waals surface area (Å²) >= 11 is 1.41. The lowest BCUT2D eigenvalue weighted by Gasteiger charge is -2.27. The summed E-state index contributed by atoms with van der Waals surface area (Å²) in [5.74, 6) is -0.0759. The van der Waals surface area contributed by atoms with Crippen molar-refractivity contribution in [3.05, 3.63) is 71.7 Å². The van der Waals surface area contributed by atoms with Crippen LogP contribution in [0.2, 0.25) is 0 Å². The zero-order valence-corrected chi connectivity index (χ0v) is 15.2. The number of hydrogen-bond donors (Lipinski definition) is 1. The normalized spacial score (nSPS) is 11.8. The Kier molecular flexibility index (Phi) is 5.46. The van der Waals surface area contributed by atoms with E-state index in [4.69, 9.17) is 0 Å². The molecule has 1 N–H and O–H groups in total. The molecular formula is C20H21N3OS. The van der Waals surface area contributed by atoms with Crippen LogP contribution in [0.4, 0.5) is 5.69 Å². The number of likely N-dealkylation sites (N-methyl/N-ethyl adjacent to an activating group) is 1. The minimum atomic E-state index is -0.0759. The molecule has 0 aliphatic rings. The fourth-order valence-electron chi connectivity index (χ4n) is 2.48. The van der Waals surface area contributed by atoms with Crippen molar-refractivity contribution < 1.29 is 4.79 Å². The Morgan fingerprint density at radius 2 is 1.76 bits per heavy atom. The highest BCUT2D eigenvalue weighted by atomic mass is 32.1. The van der Waals surface area contributed by atoms with Gasteiger partial charge in [0.1, 0.15) is 9.88 Å². The van der Waals surface area contributed by atoms with E-state index in [0.717, 1.165) is 16.3 Å². The van der Waals surface area contributed by atoms with Gasteiger partial charge in [-0.05, 0) is 19.1 Å². The SMILES string of the molecule is CC(CNC(=O)c1cnc(-c2ccccc2)s1)N(C)c1ccccc1. The van der Waals surface area contributed by atoms with E-state index in [1.165, 1.54) is 11.3 Å². The molecule has 3 aromatic rings. The lowest BCUT2D eigenvalue weighted by atomic mass is 10.2. The topological polar surface area (TPSA) is 45.2 Å². The quantitative estimate of drug-likeness (QED) is 0.728. The Hall–Kier alpha value is -2.66. The van der Waals surface area contributed by atoms with Crippen LogP contribution in [-0.4, -0.2) is 30.5 Å². The molecule has 0 spiro atoms. The fraction of sp³-hybridized carbons (Fsp3) is 0.200. The Balaban J connectivity index is 1.59. The Morgan fingerprint density at radius 1 is 1.12 bits per heavy atom. The first-order valence-electron chi connectivity index (χ1n) is 8.22. The first-order valence-corrected chi connectivity index (χ1v) is 9.04. The standard InChI is InChI=1S/C20H21N3OS/c1-15(23(2)17-11-7-4-8-12-17)13-21-19(24)18-14-22-20(25-18)16-9-5-3-6-10-16/h3-12,14-15H,13H2,1-2H3,(H,21,24). The van der Waals surface area contributed by atoms with E-state index in [2.05, 4.69) is 34.3 Å². The van der Waals surface area contributed by atoms with Crippen LogP contribution < -0.4 is 10.2 Å². The molecule has 0 radical (unpaired) electrons. The molecular weight excluding hydrogens is 330 g/mol. The Morgan fingerprint density at radius 3 is 2.44 bits per heavy atom. The largest absolute Gasteiger partial charge is 0.370 e. The van der Waals surface area contributed by atoms with Crippen molar-refractivity contribution in [2.45, 2.75) is 13.0 Å². The van der Waals surface area contributed by atoms with E-state index in [9.17, 15) is 4.79 Å². The number of nitrogens with zero attached hydrogens (tertiary/aromatic N) is 2. The van der Waals surface area contributed by atoms with Crippen LogP contribution in [0.3, 0.4) is 0 Å². The van der Waals surface area contributed by atoms with E-state index in [1.807, 2.05) is 55.6 Å². The van der Waals surface area contributed by atoms with Crippen LogP contribution in [0, 0.1) is 0 Å². The van der Waals surface area contributed by atoms with Crippen LogP contribution in [0.5, 0.6) is 0 Å². The molecule has 3 rings (SSSR count). The third-order valence-corrected chi connectivity index (χ3v) is 5.18. The summed E-state index contributed by atoms with van der Waals surface area (Å²) in [6.45, 7) is 2.66. The third kappa shape index (κ3) is 4.25. The van der Waals surface area contributed by atoms with Gasteiger partial charge in [-0.1, -0.05) is 48.5 Å². The van der Waals surface area contributed by atoms with Crippen molar-refractivity contribution in [3.63, 3.8) is 0 Å². The fourth-order valence-corrected chi connectivity index (χ4v) is 3.31. The predicted octanol–water partition coefficient (Wildman–Crippen LogP) is 4.06. The molecule has 0 aliphatic carbocycles. The molecule has 0 bridgehead atoms. The number of amides is 1. The smallest absolute Gasteiger partial charge is 0.263 e. The van der Waals surface area contributed by atoms with Gasteiger partial charge in [0.05, 0.1) is 6.20 Å². The Bertz CT molecular complexity index is 817. The second kappa shape index (κ2) is 7.94. The van der Waals surface area contributed by atoms with Gasteiger partial charge >= 0.3 is 0 Å². The highest BCUT2D eigenvalue weighted by Crippen LogP contribution is 2.24. The summed E-state index contributed by atoms with van der Waals surface area (Å²) in [6, 6.07) is 20.2. The summed E-state index contributed by atoms with van der Waals surface area (Å²) in [5, 5.41) is 3.87. The first kappa shape index (κ1) is 17.2. The van der Waals surface area contributed by atoms with E-state index in [-0.39, 0.29) is 11.9 Å². The monoisotopic (exact) mass is 351 g/mol. The molecule has 0 aliphatic heterocycles. The molecule has 4 nitrogen and oxygen atoms in total. The summed E-state index contributed by atoms with van der Waals surface area (Å²) < 4.78 is 0. The van der Waals surface area contributed by atoms with Crippen molar-refractivity contribution in [1.82, 2.24) is 10.3 Å². The average molecular weight is 351 g/mol. The maximum Gasteiger partial charge on any atom is 0.263 e. The number of thiazole rings is 1. The van der Waals surface area contributed by atoms with E-state index in [0.29, 0.717) is 11.4 Å². The van der Waals surface area contributed by atoms with Gasteiger partial charge in [0.15, 0.2) is 0 Å². The minimum Gasteiger partial charge on any atom is -0.370 e. The van der Waals surface area contributed by atoms with Crippen LogP contribution in [0.1, 0.15) is 16.6 Å². The van der Waals surface area contributed by atoms with Gasteiger partial charge in [-0.3, -0.25) is 4.79 Å². The number of aromatic nitrogens is 1. The van der Waals surface area contributed by atoms with Crippen molar-refractivity contribution in [2.24, 2.45) is 0 Å². The predicted molar refractivity (Wildman–Crippen MR) is 104 cm³/mol. The maximum absolute atomic E-state index is 12.4. The lowest BCUT2D eigenvalue weighted by molar-refractivity contribution is 0.0955. The van der Waals surface area contributed by atoms with Crippen LogP contribution in [-0.2, 0) is 0 Å². The van der Waals surface area contributed by atoms with Gasteiger partial charge in [-0.25, -0.2) is 4.98 Å². The van der Waals surface area contributed by atoms with Crippen molar-refractivity contribution >= 4 is 22.9 Å². The van der Waals surface area contributed by atoms with E-state index < -0.39 is 0 Å². The molecule has 0 saturated heterocycles. The highest BCUT2D eigenvalue weighted by molar-refractivity contribution is 7.16.